The lowest BCUT2D eigenvalue weighted by molar-refractivity contribution is -0.120. The van der Waals surface area contributed by atoms with Crippen molar-refractivity contribution in [1.29, 1.82) is 0 Å². The van der Waals surface area contributed by atoms with Crippen LogP contribution in [0.25, 0.3) is 0 Å². The summed E-state index contributed by atoms with van der Waals surface area (Å²) in [6, 6.07) is 6.69. The number of carbonyl (C=O) groups excluding carboxylic acids is 2. The van der Waals surface area contributed by atoms with Crippen molar-refractivity contribution >= 4 is 27.5 Å². The van der Waals surface area contributed by atoms with Gasteiger partial charge in [0.1, 0.15) is 0 Å². The van der Waals surface area contributed by atoms with Gasteiger partial charge in [0.15, 0.2) is 0 Å². The van der Waals surface area contributed by atoms with Crippen LogP contribution in [-0.2, 0) is 14.8 Å². The van der Waals surface area contributed by atoms with Crippen LogP contribution in [-0.4, -0.2) is 36.6 Å². The lowest BCUT2D eigenvalue weighted by Gasteiger charge is -2.30. The Morgan fingerprint density at radius 3 is 1.90 bits per heavy atom. The summed E-state index contributed by atoms with van der Waals surface area (Å²) in [6.45, 7) is 10.8. The van der Waals surface area contributed by atoms with Crippen LogP contribution in [0.4, 0.5) is 5.69 Å². The third-order valence-electron chi connectivity index (χ3n) is 5.13. The van der Waals surface area contributed by atoms with E-state index in [-0.39, 0.29) is 29.3 Å². The van der Waals surface area contributed by atoms with Crippen molar-refractivity contribution in [3.8, 4) is 0 Å². The molecule has 0 spiro atoms. The van der Waals surface area contributed by atoms with E-state index in [1.54, 1.807) is 45.0 Å². The number of benzene rings is 1. The summed E-state index contributed by atoms with van der Waals surface area (Å²) in [7, 11) is -3.39. The van der Waals surface area contributed by atoms with Crippen molar-refractivity contribution in [2.45, 2.75) is 83.6 Å². The molecule has 1 fully saturated rings. The van der Waals surface area contributed by atoms with E-state index in [2.05, 4.69) is 15.4 Å². The molecule has 0 aromatic heterocycles. The highest BCUT2D eigenvalue weighted by Crippen LogP contribution is 2.27. The maximum atomic E-state index is 12.6. The fraction of sp³-hybridized carbons (Fsp3) is 0.636. The summed E-state index contributed by atoms with van der Waals surface area (Å²) < 4.78 is 26.5. The van der Waals surface area contributed by atoms with Gasteiger partial charge in [-0.05, 0) is 91.5 Å². The summed E-state index contributed by atoms with van der Waals surface area (Å²) in [4.78, 5) is 24.8. The van der Waals surface area contributed by atoms with E-state index in [0.717, 1.165) is 0 Å². The molecule has 0 unspecified atom stereocenters. The number of carbonyl (C=O) groups is 2. The number of anilines is 1. The first-order chi connectivity index (χ1) is 13.7. The Kier molecular flexibility index (Phi) is 7.35. The van der Waals surface area contributed by atoms with Crippen LogP contribution >= 0.6 is 0 Å². The fourth-order valence-corrected chi connectivity index (χ4v) is 4.26. The molecule has 1 aliphatic rings. The highest BCUT2D eigenvalue weighted by atomic mass is 32.2. The summed E-state index contributed by atoms with van der Waals surface area (Å²) in [5.74, 6) is -0.375. The fourth-order valence-electron chi connectivity index (χ4n) is 3.23. The van der Waals surface area contributed by atoms with Gasteiger partial charge in [0.2, 0.25) is 15.9 Å². The molecule has 2 amide bonds. The second kappa shape index (κ2) is 9.06. The van der Waals surface area contributed by atoms with Crippen LogP contribution in [0.1, 0.15) is 77.6 Å². The highest BCUT2D eigenvalue weighted by molar-refractivity contribution is 7.90. The van der Waals surface area contributed by atoms with E-state index in [4.69, 9.17) is 0 Å². The first-order valence-electron chi connectivity index (χ1n) is 10.4. The predicted molar refractivity (Wildman–Crippen MR) is 120 cm³/mol. The van der Waals surface area contributed by atoms with Crippen molar-refractivity contribution in [3.63, 3.8) is 0 Å². The van der Waals surface area contributed by atoms with Gasteiger partial charge in [-0.15, -0.1) is 0 Å². The Hall–Kier alpha value is -1.93. The van der Waals surface area contributed by atoms with E-state index < -0.39 is 14.8 Å². The first kappa shape index (κ1) is 24.3. The Morgan fingerprint density at radius 2 is 1.43 bits per heavy atom. The zero-order valence-electron chi connectivity index (χ0n) is 18.8. The molecule has 0 atom stereocenters. The standard InChI is InChI=1S/C22H35N3O4S/c1-21(2,3)24-20(27)16-7-11-17(12-8-16)23-19(26)15-9-13-18(14-10-15)25-30(28,29)22(4,5)6/h7-8,11-12,15,18,25H,9-10,13-14H2,1-6H3,(H,23,26)(H,24,27)/t15-,18-. The normalized spacial score (nSPS) is 20.5. The van der Waals surface area contributed by atoms with Gasteiger partial charge in [-0.25, -0.2) is 13.1 Å². The van der Waals surface area contributed by atoms with E-state index >= 15 is 0 Å². The topological polar surface area (TPSA) is 104 Å². The number of hydrogen-bond acceptors (Lipinski definition) is 4. The third-order valence-corrected chi connectivity index (χ3v) is 7.39. The zero-order chi connectivity index (χ0) is 22.7. The monoisotopic (exact) mass is 437 g/mol. The summed E-state index contributed by atoms with van der Waals surface area (Å²) in [6.07, 6.45) is 2.54. The Balaban J connectivity index is 1.87. The van der Waals surface area contributed by atoms with Crippen LogP contribution in [0.3, 0.4) is 0 Å². The maximum absolute atomic E-state index is 12.6. The molecule has 1 saturated carbocycles. The molecule has 0 heterocycles. The molecule has 30 heavy (non-hydrogen) atoms. The van der Waals surface area contributed by atoms with Gasteiger partial charge in [-0.1, -0.05) is 0 Å². The maximum Gasteiger partial charge on any atom is 0.251 e. The molecular weight excluding hydrogens is 402 g/mol. The largest absolute Gasteiger partial charge is 0.347 e. The van der Waals surface area contributed by atoms with Crippen molar-refractivity contribution in [3.05, 3.63) is 29.8 Å². The summed E-state index contributed by atoms with van der Waals surface area (Å²) in [5.41, 5.74) is 0.863. The number of nitrogens with one attached hydrogen (secondary N) is 3. The Morgan fingerprint density at radius 1 is 0.900 bits per heavy atom. The van der Waals surface area contributed by atoms with Gasteiger partial charge >= 0.3 is 0 Å². The van der Waals surface area contributed by atoms with E-state index in [0.29, 0.717) is 36.9 Å². The van der Waals surface area contributed by atoms with Crippen LogP contribution in [0, 0.1) is 5.92 Å². The average molecular weight is 438 g/mol. The smallest absolute Gasteiger partial charge is 0.251 e. The molecule has 0 bridgehead atoms. The molecule has 3 N–H and O–H groups in total. The molecule has 168 valence electrons. The molecule has 1 aromatic carbocycles. The lowest BCUT2D eigenvalue weighted by Crippen LogP contribution is -2.46. The zero-order valence-corrected chi connectivity index (χ0v) is 19.7. The molecule has 1 aromatic rings. The molecule has 2 rings (SSSR count). The first-order valence-corrected chi connectivity index (χ1v) is 11.9. The third kappa shape index (κ3) is 6.80. The van der Waals surface area contributed by atoms with Crippen LogP contribution in [0.5, 0.6) is 0 Å². The minimum Gasteiger partial charge on any atom is -0.347 e. The minimum atomic E-state index is -3.39. The summed E-state index contributed by atoms with van der Waals surface area (Å²) >= 11 is 0. The van der Waals surface area contributed by atoms with Crippen molar-refractivity contribution in [2.24, 2.45) is 5.92 Å². The van der Waals surface area contributed by atoms with E-state index in [9.17, 15) is 18.0 Å². The van der Waals surface area contributed by atoms with Crippen molar-refractivity contribution in [2.75, 3.05) is 5.32 Å². The van der Waals surface area contributed by atoms with E-state index in [1.807, 2.05) is 20.8 Å². The second-order valence-corrected chi connectivity index (χ2v) is 12.5. The predicted octanol–water partition coefficient (Wildman–Crippen LogP) is 3.43. The van der Waals surface area contributed by atoms with Crippen LogP contribution in [0.15, 0.2) is 24.3 Å². The number of sulfonamides is 1. The van der Waals surface area contributed by atoms with Gasteiger partial charge in [0, 0.05) is 28.7 Å². The molecule has 0 radical (unpaired) electrons. The molecule has 7 nitrogen and oxygen atoms in total. The van der Waals surface area contributed by atoms with Gasteiger partial charge in [-0.2, -0.15) is 0 Å². The Bertz CT molecular complexity index is 857. The minimum absolute atomic E-state index is 0.0704. The average Bonchev–Trinajstić information content (AvgIpc) is 2.60. The number of amides is 2. The van der Waals surface area contributed by atoms with Crippen LogP contribution < -0.4 is 15.4 Å². The molecular formula is C22H35N3O4S. The van der Waals surface area contributed by atoms with Gasteiger partial charge < -0.3 is 10.6 Å². The number of rotatable bonds is 5. The highest BCUT2D eigenvalue weighted by Gasteiger charge is 2.34. The van der Waals surface area contributed by atoms with Crippen molar-refractivity contribution < 1.29 is 18.0 Å². The SMILES string of the molecule is CC(C)(C)NC(=O)c1ccc(NC(=O)[C@H]2CC[C@H](NS(=O)(=O)C(C)(C)C)CC2)cc1. The molecule has 0 aliphatic heterocycles. The second-order valence-electron chi connectivity index (χ2n) is 10.1. The van der Waals surface area contributed by atoms with Crippen molar-refractivity contribution in [1.82, 2.24) is 10.0 Å². The van der Waals surface area contributed by atoms with Crippen LogP contribution in [0.2, 0.25) is 0 Å². The van der Waals surface area contributed by atoms with Gasteiger partial charge in [0.25, 0.3) is 5.91 Å². The number of hydrogen-bond donors (Lipinski definition) is 3. The summed E-state index contributed by atoms with van der Waals surface area (Å²) in [5, 5.41) is 5.81. The quantitative estimate of drug-likeness (QED) is 0.656. The molecule has 8 heteroatoms. The molecule has 0 saturated heterocycles. The van der Waals surface area contributed by atoms with E-state index in [1.165, 1.54) is 0 Å². The van der Waals surface area contributed by atoms with Gasteiger partial charge in [-0.3, -0.25) is 9.59 Å². The van der Waals surface area contributed by atoms with Gasteiger partial charge in [0.05, 0.1) is 4.75 Å². The Labute approximate surface area is 180 Å². The molecule has 1 aliphatic carbocycles. The lowest BCUT2D eigenvalue weighted by atomic mass is 9.86.